The van der Waals surface area contributed by atoms with Crippen molar-refractivity contribution in [2.75, 3.05) is 13.7 Å². The highest BCUT2D eigenvalue weighted by molar-refractivity contribution is 5.23. The largest absolute Gasteiger partial charge is 0.387 e. The number of hydrogen-bond donors (Lipinski definition) is 2. The van der Waals surface area contributed by atoms with Crippen LogP contribution in [-0.2, 0) is 4.74 Å². The quantitative estimate of drug-likeness (QED) is 0.811. The molecule has 24 heavy (non-hydrogen) atoms. The zero-order valence-electron chi connectivity index (χ0n) is 13.5. The van der Waals surface area contributed by atoms with Crippen LogP contribution in [0.4, 0.5) is 13.2 Å². The molecule has 2 aromatic carbocycles. The van der Waals surface area contributed by atoms with Gasteiger partial charge < -0.3 is 15.2 Å². The summed E-state index contributed by atoms with van der Waals surface area (Å²) in [6.07, 6.45) is -0.893. The molecule has 3 unspecified atom stereocenters. The van der Waals surface area contributed by atoms with E-state index in [9.17, 15) is 18.3 Å². The first kappa shape index (κ1) is 18.4. The van der Waals surface area contributed by atoms with Gasteiger partial charge in [-0.3, -0.25) is 0 Å². The van der Waals surface area contributed by atoms with Gasteiger partial charge in [0, 0.05) is 13.2 Å². The Kier molecular flexibility index (Phi) is 6.36. The third-order valence-electron chi connectivity index (χ3n) is 3.83. The van der Waals surface area contributed by atoms with Crippen LogP contribution in [-0.4, -0.2) is 24.9 Å². The average Bonchev–Trinajstić information content (AvgIpc) is 2.57. The first-order valence-corrected chi connectivity index (χ1v) is 7.56. The SMILES string of the molecule is COCC(NC(C)C(O)c1ccc(F)cc1)c1ccc(F)c(F)c1. The Balaban J connectivity index is 2.13. The zero-order chi connectivity index (χ0) is 17.7. The molecule has 0 heterocycles. The number of aliphatic hydroxyl groups is 1. The van der Waals surface area contributed by atoms with E-state index in [4.69, 9.17) is 4.74 Å². The van der Waals surface area contributed by atoms with Crippen LogP contribution in [0, 0.1) is 17.5 Å². The normalized spacial score (nSPS) is 15.1. The molecule has 0 saturated carbocycles. The third kappa shape index (κ3) is 4.56. The van der Waals surface area contributed by atoms with Crippen molar-refractivity contribution in [1.29, 1.82) is 0 Å². The van der Waals surface area contributed by atoms with Gasteiger partial charge >= 0.3 is 0 Å². The van der Waals surface area contributed by atoms with Gasteiger partial charge in [-0.15, -0.1) is 0 Å². The Bertz CT molecular complexity index is 664. The van der Waals surface area contributed by atoms with Gasteiger partial charge in [-0.2, -0.15) is 0 Å². The van der Waals surface area contributed by atoms with Crippen molar-refractivity contribution in [3.8, 4) is 0 Å². The Morgan fingerprint density at radius 2 is 1.62 bits per heavy atom. The Hall–Kier alpha value is -1.89. The lowest BCUT2D eigenvalue weighted by atomic mass is 10.0. The molecule has 130 valence electrons. The van der Waals surface area contributed by atoms with Crippen LogP contribution in [0.25, 0.3) is 0 Å². The Morgan fingerprint density at radius 1 is 1.00 bits per heavy atom. The summed E-state index contributed by atoms with van der Waals surface area (Å²) in [6, 6.07) is 8.30. The number of nitrogens with one attached hydrogen (secondary N) is 1. The number of rotatable bonds is 7. The minimum atomic E-state index is -0.942. The second-order valence-electron chi connectivity index (χ2n) is 5.63. The van der Waals surface area contributed by atoms with E-state index >= 15 is 0 Å². The van der Waals surface area contributed by atoms with Crippen molar-refractivity contribution in [3.05, 3.63) is 71.0 Å². The molecule has 0 fully saturated rings. The zero-order valence-corrected chi connectivity index (χ0v) is 13.5. The fourth-order valence-corrected chi connectivity index (χ4v) is 2.49. The average molecular weight is 339 g/mol. The molecule has 0 aromatic heterocycles. The molecule has 3 atom stereocenters. The minimum absolute atomic E-state index is 0.214. The molecule has 0 aliphatic carbocycles. The molecule has 0 aliphatic rings. The second-order valence-corrected chi connectivity index (χ2v) is 5.63. The number of ether oxygens (including phenoxy) is 1. The van der Waals surface area contributed by atoms with Crippen molar-refractivity contribution in [2.45, 2.75) is 25.1 Å². The summed E-state index contributed by atoms with van der Waals surface area (Å²) in [7, 11) is 1.50. The summed E-state index contributed by atoms with van der Waals surface area (Å²) < 4.78 is 44.6. The van der Waals surface area contributed by atoms with E-state index in [0.29, 0.717) is 11.1 Å². The molecule has 2 rings (SSSR count). The predicted molar refractivity (Wildman–Crippen MR) is 84.9 cm³/mol. The maximum absolute atomic E-state index is 13.5. The van der Waals surface area contributed by atoms with Gasteiger partial charge in [0.1, 0.15) is 5.82 Å². The number of methoxy groups -OCH3 is 1. The molecule has 0 bridgehead atoms. The van der Waals surface area contributed by atoms with Crippen LogP contribution >= 0.6 is 0 Å². The molecule has 6 heteroatoms. The maximum atomic E-state index is 13.5. The summed E-state index contributed by atoms with van der Waals surface area (Å²) in [5.41, 5.74) is 1.06. The van der Waals surface area contributed by atoms with Gasteiger partial charge in [0.15, 0.2) is 11.6 Å². The molecule has 3 nitrogen and oxygen atoms in total. The standard InChI is InChI=1S/C18H20F3NO2/c1-11(18(23)12-3-6-14(19)7-4-12)22-17(10-24-2)13-5-8-15(20)16(21)9-13/h3-9,11,17-18,22-23H,10H2,1-2H3. The van der Waals surface area contributed by atoms with Crippen molar-refractivity contribution >= 4 is 0 Å². The van der Waals surface area contributed by atoms with Crippen LogP contribution in [0.3, 0.4) is 0 Å². The Morgan fingerprint density at radius 3 is 2.21 bits per heavy atom. The van der Waals surface area contributed by atoms with E-state index in [1.165, 1.54) is 37.4 Å². The van der Waals surface area contributed by atoms with Crippen LogP contribution < -0.4 is 5.32 Å². The van der Waals surface area contributed by atoms with E-state index in [2.05, 4.69) is 5.32 Å². The first-order valence-electron chi connectivity index (χ1n) is 7.56. The van der Waals surface area contributed by atoms with E-state index in [0.717, 1.165) is 12.1 Å². The van der Waals surface area contributed by atoms with E-state index in [1.54, 1.807) is 6.92 Å². The molecule has 2 aromatic rings. The van der Waals surface area contributed by atoms with E-state index in [1.807, 2.05) is 0 Å². The summed E-state index contributed by atoms with van der Waals surface area (Å²) in [4.78, 5) is 0. The molecule has 0 saturated heterocycles. The van der Waals surface area contributed by atoms with Gasteiger partial charge in [0.25, 0.3) is 0 Å². The van der Waals surface area contributed by atoms with E-state index in [-0.39, 0.29) is 12.4 Å². The fraction of sp³-hybridized carbons (Fsp3) is 0.333. The highest BCUT2D eigenvalue weighted by atomic mass is 19.2. The van der Waals surface area contributed by atoms with Crippen LogP contribution in [0.2, 0.25) is 0 Å². The van der Waals surface area contributed by atoms with Crippen LogP contribution in [0.5, 0.6) is 0 Å². The summed E-state index contributed by atoms with van der Waals surface area (Å²) in [5.74, 6) is -2.25. The molecule has 2 N–H and O–H groups in total. The Labute approximate surface area is 139 Å². The second kappa shape index (κ2) is 8.28. The monoisotopic (exact) mass is 339 g/mol. The van der Waals surface area contributed by atoms with Crippen molar-refractivity contribution < 1.29 is 23.0 Å². The smallest absolute Gasteiger partial charge is 0.159 e. The predicted octanol–water partition coefficient (Wildman–Crippen LogP) is 3.50. The summed E-state index contributed by atoms with van der Waals surface area (Å²) >= 11 is 0. The van der Waals surface area contributed by atoms with Gasteiger partial charge in [-0.05, 0) is 42.3 Å². The van der Waals surface area contributed by atoms with Gasteiger partial charge in [-0.1, -0.05) is 18.2 Å². The highest BCUT2D eigenvalue weighted by Crippen LogP contribution is 2.22. The van der Waals surface area contributed by atoms with Crippen LogP contribution in [0.1, 0.15) is 30.2 Å². The van der Waals surface area contributed by atoms with Gasteiger partial charge in [-0.25, -0.2) is 13.2 Å². The lowest BCUT2D eigenvalue weighted by Gasteiger charge is -2.27. The molecular weight excluding hydrogens is 319 g/mol. The topological polar surface area (TPSA) is 41.5 Å². The van der Waals surface area contributed by atoms with Gasteiger partial charge in [0.2, 0.25) is 0 Å². The van der Waals surface area contributed by atoms with Crippen LogP contribution in [0.15, 0.2) is 42.5 Å². The number of aliphatic hydroxyl groups excluding tert-OH is 1. The van der Waals surface area contributed by atoms with Crippen molar-refractivity contribution in [3.63, 3.8) is 0 Å². The molecule has 0 aliphatic heterocycles. The minimum Gasteiger partial charge on any atom is -0.387 e. The summed E-state index contributed by atoms with van der Waals surface area (Å²) in [6.45, 7) is 1.96. The lowest BCUT2D eigenvalue weighted by Crippen LogP contribution is -2.37. The number of benzene rings is 2. The lowest BCUT2D eigenvalue weighted by molar-refractivity contribution is 0.108. The molecule has 0 spiro atoms. The number of halogens is 3. The first-order chi connectivity index (χ1) is 11.4. The van der Waals surface area contributed by atoms with E-state index < -0.39 is 29.8 Å². The molecular formula is C18H20F3NO2. The fourth-order valence-electron chi connectivity index (χ4n) is 2.49. The third-order valence-corrected chi connectivity index (χ3v) is 3.83. The molecule has 0 amide bonds. The maximum Gasteiger partial charge on any atom is 0.159 e. The van der Waals surface area contributed by atoms with Crippen molar-refractivity contribution in [1.82, 2.24) is 5.32 Å². The van der Waals surface area contributed by atoms with Crippen molar-refractivity contribution in [2.24, 2.45) is 0 Å². The highest BCUT2D eigenvalue weighted by Gasteiger charge is 2.22. The summed E-state index contributed by atoms with van der Waals surface area (Å²) in [5, 5.41) is 13.5. The number of hydrogen-bond acceptors (Lipinski definition) is 3. The molecule has 0 radical (unpaired) electrons. The van der Waals surface area contributed by atoms with Gasteiger partial charge in [0.05, 0.1) is 18.8 Å².